The molecule has 1 aliphatic rings. The second-order valence-corrected chi connectivity index (χ2v) is 8.07. The van der Waals surface area contributed by atoms with E-state index in [9.17, 15) is 9.59 Å². The normalized spacial score (nSPS) is 15.4. The Balaban J connectivity index is 1.87. The number of amides is 2. The zero-order valence-corrected chi connectivity index (χ0v) is 18.2. The summed E-state index contributed by atoms with van der Waals surface area (Å²) in [7, 11) is 1.57. The van der Waals surface area contributed by atoms with Gasteiger partial charge in [0.05, 0.1) is 29.6 Å². The molecule has 0 N–H and O–H groups in total. The maximum Gasteiger partial charge on any atom is 0.293 e. The zero-order valence-electron chi connectivity index (χ0n) is 15.8. The molecule has 1 fully saturated rings. The van der Waals surface area contributed by atoms with E-state index >= 15 is 0 Å². The third-order valence-electron chi connectivity index (χ3n) is 4.13. The summed E-state index contributed by atoms with van der Waals surface area (Å²) in [5, 5.41) is -0.268. The van der Waals surface area contributed by atoms with Crippen molar-refractivity contribution < 1.29 is 19.1 Å². The first-order chi connectivity index (χ1) is 13.4. The Morgan fingerprint density at radius 3 is 2.68 bits per heavy atom. The average molecular weight is 462 g/mol. The van der Waals surface area contributed by atoms with Crippen molar-refractivity contribution in [1.29, 1.82) is 0 Å². The van der Waals surface area contributed by atoms with Crippen LogP contribution in [0.2, 0.25) is 0 Å². The Morgan fingerprint density at radius 1 is 1.21 bits per heavy atom. The quantitative estimate of drug-likeness (QED) is 0.538. The zero-order chi connectivity index (χ0) is 20.3. The molecule has 2 aromatic carbocycles. The van der Waals surface area contributed by atoms with Crippen molar-refractivity contribution in [2.75, 3.05) is 13.7 Å². The van der Waals surface area contributed by atoms with Gasteiger partial charge >= 0.3 is 0 Å². The van der Waals surface area contributed by atoms with Crippen molar-refractivity contribution in [2.45, 2.75) is 20.4 Å². The van der Waals surface area contributed by atoms with Crippen LogP contribution in [0, 0.1) is 6.92 Å². The van der Waals surface area contributed by atoms with Gasteiger partial charge in [-0.05, 0) is 70.9 Å². The number of benzene rings is 2. The summed E-state index contributed by atoms with van der Waals surface area (Å²) >= 11 is 4.41. The molecule has 0 aromatic heterocycles. The molecule has 0 bridgehead atoms. The molecule has 1 saturated heterocycles. The molecule has 1 heterocycles. The second kappa shape index (κ2) is 8.84. The molecule has 5 nitrogen and oxygen atoms in total. The predicted molar refractivity (Wildman–Crippen MR) is 115 cm³/mol. The Kier molecular flexibility index (Phi) is 6.46. The molecule has 0 spiro atoms. The molecular formula is C21H20BrNO4S. The van der Waals surface area contributed by atoms with Gasteiger partial charge in [-0.3, -0.25) is 14.5 Å². The minimum absolute atomic E-state index is 0.264. The highest BCUT2D eigenvalue weighted by Crippen LogP contribution is 2.39. The third kappa shape index (κ3) is 4.42. The van der Waals surface area contributed by atoms with E-state index < -0.39 is 0 Å². The molecule has 7 heteroatoms. The Hall–Kier alpha value is -2.25. The van der Waals surface area contributed by atoms with Crippen LogP contribution in [0.3, 0.4) is 0 Å². The first-order valence-corrected chi connectivity index (χ1v) is 10.3. The largest absolute Gasteiger partial charge is 0.492 e. The number of hydrogen-bond donors (Lipinski definition) is 0. The first kappa shape index (κ1) is 20.5. The maximum atomic E-state index is 12.8. The Morgan fingerprint density at radius 2 is 2.00 bits per heavy atom. The smallest absolute Gasteiger partial charge is 0.293 e. The topological polar surface area (TPSA) is 55.8 Å². The third-order valence-corrected chi connectivity index (χ3v) is 5.63. The van der Waals surface area contributed by atoms with Gasteiger partial charge in [-0.15, -0.1) is 0 Å². The number of ether oxygens (including phenoxy) is 2. The number of halogens is 1. The van der Waals surface area contributed by atoms with E-state index in [1.165, 1.54) is 4.90 Å². The molecule has 2 amide bonds. The summed E-state index contributed by atoms with van der Waals surface area (Å²) in [6.45, 7) is 4.62. The molecule has 0 saturated carbocycles. The van der Waals surface area contributed by atoms with Crippen molar-refractivity contribution in [2.24, 2.45) is 0 Å². The number of carbonyl (C=O) groups is 2. The summed E-state index contributed by atoms with van der Waals surface area (Å²) in [6, 6.07) is 11.4. The van der Waals surface area contributed by atoms with Crippen LogP contribution in [0.25, 0.3) is 6.08 Å². The van der Waals surface area contributed by atoms with Crippen LogP contribution < -0.4 is 9.47 Å². The summed E-state index contributed by atoms with van der Waals surface area (Å²) < 4.78 is 11.7. The van der Waals surface area contributed by atoms with Gasteiger partial charge in [0, 0.05) is 0 Å². The lowest BCUT2D eigenvalue weighted by molar-refractivity contribution is -0.123. The van der Waals surface area contributed by atoms with Gasteiger partial charge in [0.15, 0.2) is 11.5 Å². The van der Waals surface area contributed by atoms with Crippen LogP contribution in [-0.4, -0.2) is 29.8 Å². The van der Waals surface area contributed by atoms with Gasteiger partial charge < -0.3 is 9.47 Å². The van der Waals surface area contributed by atoms with Gasteiger partial charge in [0.25, 0.3) is 11.1 Å². The molecule has 0 atom stereocenters. The van der Waals surface area contributed by atoms with Crippen LogP contribution in [0.5, 0.6) is 11.5 Å². The number of methoxy groups -OCH3 is 1. The monoisotopic (exact) mass is 461 g/mol. The summed E-state index contributed by atoms with van der Waals surface area (Å²) in [4.78, 5) is 26.8. The molecule has 1 aliphatic heterocycles. The highest BCUT2D eigenvalue weighted by Gasteiger charge is 2.35. The van der Waals surface area contributed by atoms with Gasteiger partial charge in [-0.1, -0.05) is 29.8 Å². The van der Waals surface area contributed by atoms with Crippen molar-refractivity contribution in [3.05, 3.63) is 62.5 Å². The van der Waals surface area contributed by atoms with Crippen LogP contribution in [0.15, 0.2) is 45.8 Å². The lowest BCUT2D eigenvalue weighted by Crippen LogP contribution is -2.27. The molecule has 3 rings (SSSR count). The lowest BCUT2D eigenvalue weighted by Gasteiger charge is -2.13. The van der Waals surface area contributed by atoms with Crippen LogP contribution in [-0.2, 0) is 11.3 Å². The molecule has 2 aromatic rings. The fourth-order valence-electron chi connectivity index (χ4n) is 2.91. The standard InChI is InChI=1S/C21H20BrNO4S/c1-4-27-17-10-15(9-16(22)19(17)26-3)11-18-20(24)23(21(25)28-18)12-14-7-5-6-13(2)8-14/h5-11H,4,12H2,1-3H3/b18-11-. The van der Waals surface area contributed by atoms with Crippen LogP contribution in [0.1, 0.15) is 23.6 Å². The summed E-state index contributed by atoms with van der Waals surface area (Å²) in [5.74, 6) is 0.873. The highest BCUT2D eigenvalue weighted by molar-refractivity contribution is 9.10. The molecule has 0 radical (unpaired) electrons. The van der Waals surface area contributed by atoms with Crippen molar-refractivity contribution in [3.63, 3.8) is 0 Å². The number of nitrogens with zero attached hydrogens (tertiary/aromatic N) is 1. The van der Waals surface area contributed by atoms with E-state index in [1.807, 2.05) is 44.2 Å². The van der Waals surface area contributed by atoms with E-state index in [1.54, 1.807) is 19.3 Å². The fraction of sp³-hybridized carbons (Fsp3) is 0.238. The SMILES string of the molecule is CCOc1cc(/C=C2\SC(=O)N(Cc3cccc(C)c3)C2=O)cc(Br)c1OC. The van der Waals surface area contributed by atoms with Gasteiger partial charge in [-0.2, -0.15) is 0 Å². The molecule has 0 unspecified atom stereocenters. The highest BCUT2D eigenvalue weighted by atomic mass is 79.9. The summed E-state index contributed by atoms with van der Waals surface area (Å²) in [6.07, 6.45) is 1.70. The fourth-order valence-corrected chi connectivity index (χ4v) is 4.37. The first-order valence-electron chi connectivity index (χ1n) is 8.74. The van der Waals surface area contributed by atoms with Gasteiger partial charge in [-0.25, -0.2) is 0 Å². The van der Waals surface area contributed by atoms with Crippen molar-refractivity contribution >= 4 is 44.9 Å². The molecular weight excluding hydrogens is 442 g/mol. The lowest BCUT2D eigenvalue weighted by atomic mass is 10.1. The molecule has 146 valence electrons. The Bertz CT molecular complexity index is 957. The molecule has 0 aliphatic carbocycles. The number of imide groups is 1. The van der Waals surface area contributed by atoms with E-state index in [2.05, 4.69) is 15.9 Å². The van der Waals surface area contributed by atoms with E-state index in [-0.39, 0.29) is 17.7 Å². The van der Waals surface area contributed by atoms with Gasteiger partial charge in [0.1, 0.15) is 0 Å². The minimum Gasteiger partial charge on any atom is -0.492 e. The van der Waals surface area contributed by atoms with E-state index in [4.69, 9.17) is 9.47 Å². The van der Waals surface area contributed by atoms with E-state index in [0.717, 1.165) is 28.5 Å². The van der Waals surface area contributed by atoms with Crippen molar-refractivity contribution in [3.8, 4) is 11.5 Å². The number of rotatable bonds is 6. The maximum absolute atomic E-state index is 12.8. The summed E-state index contributed by atoms with van der Waals surface area (Å²) in [5.41, 5.74) is 2.76. The average Bonchev–Trinajstić information content (AvgIpc) is 2.89. The van der Waals surface area contributed by atoms with Crippen molar-refractivity contribution in [1.82, 2.24) is 4.90 Å². The van der Waals surface area contributed by atoms with Gasteiger partial charge in [0.2, 0.25) is 0 Å². The van der Waals surface area contributed by atoms with Crippen LogP contribution in [0.4, 0.5) is 4.79 Å². The number of carbonyl (C=O) groups excluding carboxylic acids is 2. The number of thioether (sulfide) groups is 1. The predicted octanol–water partition coefficient (Wildman–Crippen LogP) is 5.40. The molecule has 28 heavy (non-hydrogen) atoms. The van der Waals surface area contributed by atoms with E-state index in [0.29, 0.717) is 27.5 Å². The van der Waals surface area contributed by atoms with Crippen LogP contribution >= 0.6 is 27.7 Å². The second-order valence-electron chi connectivity index (χ2n) is 6.22. The Labute approximate surface area is 176 Å². The number of hydrogen-bond acceptors (Lipinski definition) is 5. The number of aryl methyl sites for hydroxylation is 1. The minimum atomic E-state index is -0.290.